The van der Waals surface area contributed by atoms with Crippen LogP contribution in [0.4, 0.5) is 0 Å². The molecular weight excluding hydrogens is 736 g/mol. The molecule has 19 heteroatoms. The van der Waals surface area contributed by atoms with Crippen molar-refractivity contribution in [2.24, 2.45) is 0 Å². The van der Waals surface area contributed by atoms with E-state index in [2.05, 4.69) is 0 Å². The van der Waals surface area contributed by atoms with Crippen molar-refractivity contribution in [1.29, 1.82) is 0 Å². The number of phenols is 3. The molecule has 0 saturated carbocycles. The highest BCUT2D eigenvalue weighted by atomic mass is 16.8. The molecule has 304 valence electrons. The number of esters is 1. The number of carbonyl (C=O) groups excluding carboxylic acids is 1. The first-order valence-electron chi connectivity index (χ1n) is 17.3. The van der Waals surface area contributed by atoms with Gasteiger partial charge in [0.1, 0.15) is 66.8 Å². The predicted molar refractivity (Wildman–Crippen MR) is 183 cm³/mol. The Morgan fingerprint density at radius 3 is 1.95 bits per heavy atom. The van der Waals surface area contributed by atoms with Crippen molar-refractivity contribution >= 4 is 18.1 Å². The monoisotopic (exact) mass is 782 g/mol. The number of ether oxygens (including phenoxy) is 7. The van der Waals surface area contributed by atoms with Gasteiger partial charge in [-0.05, 0) is 48.4 Å². The molecule has 3 saturated heterocycles. The topological polar surface area (TPSA) is 304 Å². The molecule has 0 bridgehead atoms. The molecule has 19 nitrogen and oxygen atoms in total. The second-order valence-corrected chi connectivity index (χ2v) is 13.1. The third-order valence-corrected chi connectivity index (χ3v) is 9.23. The van der Waals surface area contributed by atoms with Crippen LogP contribution in [-0.2, 0) is 38.0 Å². The Balaban J connectivity index is 1.33. The number of hydrogen-bond acceptors (Lipinski definition) is 19. The number of carbonyl (C=O) groups is 1. The number of rotatable bonds is 13. The van der Waals surface area contributed by atoms with Crippen molar-refractivity contribution in [2.75, 3.05) is 19.8 Å². The molecule has 5 rings (SSSR count). The smallest absolute Gasteiger partial charge is 0.331 e. The molecule has 0 amide bonds. The zero-order chi connectivity index (χ0) is 40.0. The molecule has 0 radical (unpaired) electrons. The molecule has 3 heterocycles. The average molecular weight is 783 g/mol. The van der Waals surface area contributed by atoms with Crippen molar-refractivity contribution in [3.05, 3.63) is 65.7 Å². The van der Waals surface area contributed by atoms with Crippen molar-refractivity contribution < 1.29 is 94.1 Å². The van der Waals surface area contributed by atoms with Crippen LogP contribution in [0.25, 0.3) is 12.2 Å². The largest absolute Gasteiger partial charge is 0.508 e. The first-order valence-corrected chi connectivity index (χ1v) is 17.3. The Bertz CT molecular complexity index is 1600. The minimum atomic E-state index is -1.94. The van der Waals surface area contributed by atoms with Gasteiger partial charge in [-0.2, -0.15) is 0 Å². The second kappa shape index (κ2) is 18.9. The maximum Gasteiger partial charge on any atom is 0.331 e. The van der Waals surface area contributed by atoms with E-state index in [1.807, 2.05) is 0 Å². The van der Waals surface area contributed by atoms with Crippen molar-refractivity contribution in [2.45, 2.75) is 99.0 Å². The fraction of sp³-hybridized carbons (Fsp3) is 0.528. The van der Waals surface area contributed by atoms with Crippen LogP contribution < -0.4 is 0 Å². The number of phenolic OH excluding ortho intramolecular Hbond substituents is 3. The van der Waals surface area contributed by atoms with Gasteiger partial charge in [-0.3, -0.25) is 0 Å². The number of aromatic hydroxyl groups is 3. The van der Waals surface area contributed by atoms with Gasteiger partial charge in [0, 0.05) is 6.08 Å². The highest BCUT2D eigenvalue weighted by molar-refractivity contribution is 5.87. The number of hydrogen-bond donors (Lipinski definition) is 11. The molecular formula is C36H46O19. The summed E-state index contributed by atoms with van der Waals surface area (Å²) in [5.41, 5.74) is 1.02. The third-order valence-electron chi connectivity index (χ3n) is 9.23. The molecule has 3 fully saturated rings. The molecule has 3 aliphatic heterocycles. The molecule has 3 aliphatic rings. The zero-order valence-corrected chi connectivity index (χ0v) is 29.3. The summed E-state index contributed by atoms with van der Waals surface area (Å²) in [4.78, 5) is 13.0. The van der Waals surface area contributed by atoms with Crippen LogP contribution in [0.15, 0.2) is 54.6 Å². The van der Waals surface area contributed by atoms with E-state index in [0.29, 0.717) is 11.1 Å². The molecule has 0 aromatic heterocycles. The molecule has 0 spiro atoms. The summed E-state index contributed by atoms with van der Waals surface area (Å²) in [5, 5.41) is 113. The van der Waals surface area contributed by atoms with Crippen molar-refractivity contribution in [1.82, 2.24) is 0 Å². The van der Waals surface area contributed by atoms with Gasteiger partial charge in [-0.1, -0.05) is 30.4 Å². The SMILES string of the molecule is C[C@H]1O[C@H](O[C@H]2[C@H](O)[C@H](OCC=Cc3ccc(O)cc3)O[C@H](CO)[C@@H]2OC(=O)C=Cc2ccc(O)c(O)c2)[C@@H](O)[C@@H](O)[C@@H]1O[C@H]1O[C@H](CO)[C@H](O)[C@H](O)[C@@H]1O. The lowest BCUT2D eigenvalue weighted by atomic mass is 9.96. The minimum Gasteiger partial charge on any atom is -0.508 e. The summed E-state index contributed by atoms with van der Waals surface area (Å²) in [6, 6.07) is 10.0. The van der Waals surface area contributed by atoms with Gasteiger partial charge in [0.05, 0.1) is 25.9 Å². The Labute approximate surface area is 314 Å². The highest BCUT2D eigenvalue weighted by Crippen LogP contribution is 2.34. The van der Waals surface area contributed by atoms with Gasteiger partial charge in [-0.25, -0.2) is 4.79 Å². The summed E-state index contributed by atoms with van der Waals surface area (Å²) in [5.74, 6) is -1.78. The third kappa shape index (κ3) is 10.2. The molecule has 55 heavy (non-hydrogen) atoms. The Morgan fingerprint density at radius 2 is 1.27 bits per heavy atom. The Hall–Kier alpha value is -3.77. The first kappa shape index (κ1) is 42.4. The molecule has 2 aromatic carbocycles. The number of aliphatic hydroxyl groups is 8. The van der Waals surface area contributed by atoms with Gasteiger partial charge < -0.3 is 89.3 Å². The van der Waals surface area contributed by atoms with E-state index >= 15 is 0 Å². The lowest BCUT2D eigenvalue weighted by Gasteiger charge is -2.48. The van der Waals surface area contributed by atoms with Crippen LogP contribution in [0, 0.1) is 0 Å². The first-order chi connectivity index (χ1) is 26.2. The molecule has 0 unspecified atom stereocenters. The normalized spacial score (nSPS) is 37.0. The summed E-state index contributed by atoms with van der Waals surface area (Å²) >= 11 is 0. The standard InChI is InChI=1S/C36H46O19/c1-16-31(54-36-28(46)26(44)25(43)22(14-37)51-36)27(45)29(47)35(50-16)55-33-30(48)34(49-12-2-3-17-4-8-19(39)9-5-17)52-23(15-38)32(33)53-24(42)11-7-18-6-10-20(40)21(41)13-18/h2-11,13,16,22-23,25-41,43-48H,12,14-15H2,1H3/t16-,22-,23-,25+,26+,27-,28+,29+,30+,31-,32+,33+,34-,35-,36-/m1/s1. The predicted octanol–water partition coefficient (Wildman–Crippen LogP) is -2.43. The van der Waals surface area contributed by atoms with Crippen molar-refractivity contribution in [3.8, 4) is 17.2 Å². The summed E-state index contributed by atoms with van der Waals surface area (Å²) in [6.45, 7) is -0.278. The second-order valence-electron chi connectivity index (χ2n) is 13.1. The number of benzene rings is 2. The maximum absolute atomic E-state index is 13.0. The fourth-order valence-corrected chi connectivity index (χ4v) is 6.17. The van der Waals surface area contributed by atoms with Crippen molar-refractivity contribution in [3.63, 3.8) is 0 Å². The van der Waals surface area contributed by atoms with E-state index in [1.165, 1.54) is 43.3 Å². The van der Waals surface area contributed by atoms with E-state index < -0.39 is 117 Å². The lowest BCUT2D eigenvalue weighted by Crippen LogP contribution is -2.66. The van der Waals surface area contributed by atoms with Gasteiger partial charge in [0.15, 0.2) is 36.5 Å². The van der Waals surface area contributed by atoms with Gasteiger partial charge in [-0.15, -0.1) is 0 Å². The summed E-state index contributed by atoms with van der Waals surface area (Å²) in [6.07, 6.45) is -18.9. The van der Waals surface area contributed by atoms with E-state index in [-0.39, 0.29) is 18.1 Å². The fourth-order valence-electron chi connectivity index (χ4n) is 6.17. The van der Waals surface area contributed by atoms with Crippen LogP contribution in [0.3, 0.4) is 0 Å². The van der Waals surface area contributed by atoms with Crippen LogP contribution >= 0.6 is 0 Å². The van der Waals surface area contributed by atoms with E-state index in [0.717, 1.165) is 6.08 Å². The summed E-state index contributed by atoms with van der Waals surface area (Å²) < 4.78 is 39.8. The highest BCUT2D eigenvalue weighted by Gasteiger charge is 2.54. The van der Waals surface area contributed by atoms with Crippen LogP contribution in [0.2, 0.25) is 0 Å². The van der Waals surface area contributed by atoms with Crippen LogP contribution in [-0.4, -0.2) is 174 Å². The van der Waals surface area contributed by atoms with E-state index in [9.17, 15) is 61.0 Å². The van der Waals surface area contributed by atoms with Gasteiger partial charge in [0.25, 0.3) is 0 Å². The van der Waals surface area contributed by atoms with Crippen LogP contribution in [0.5, 0.6) is 17.2 Å². The average Bonchev–Trinajstić information content (AvgIpc) is 3.17. The Morgan fingerprint density at radius 1 is 0.655 bits per heavy atom. The zero-order valence-electron chi connectivity index (χ0n) is 29.3. The molecule has 11 N–H and O–H groups in total. The van der Waals surface area contributed by atoms with E-state index in [1.54, 1.807) is 24.3 Å². The lowest BCUT2D eigenvalue weighted by molar-refractivity contribution is -0.376. The molecule has 0 aliphatic carbocycles. The molecule has 15 atom stereocenters. The Kier molecular flexibility index (Phi) is 14.6. The van der Waals surface area contributed by atoms with Gasteiger partial charge in [0.2, 0.25) is 0 Å². The maximum atomic E-state index is 13.0. The van der Waals surface area contributed by atoms with Crippen LogP contribution in [0.1, 0.15) is 18.1 Å². The minimum absolute atomic E-state index is 0.0736. The van der Waals surface area contributed by atoms with E-state index in [4.69, 9.17) is 33.2 Å². The van der Waals surface area contributed by atoms with Gasteiger partial charge >= 0.3 is 5.97 Å². The number of aliphatic hydroxyl groups excluding tert-OH is 8. The molecule has 2 aromatic rings. The quantitative estimate of drug-likeness (QED) is 0.0572. The summed E-state index contributed by atoms with van der Waals surface area (Å²) in [7, 11) is 0.